The molecule has 1 aliphatic rings. The normalized spacial score (nSPS) is 16.7. The molecule has 0 saturated heterocycles. The molecule has 0 aliphatic carbocycles. The highest BCUT2D eigenvalue weighted by Crippen LogP contribution is 2.36. The molecule has 0 spiro atoms. The van der Waals surface area contributed by atoms with Crippen molar-refractivity contribution in [3.8, 4) is 11.5 Å². The molecule has 1 aromatic rings. The molecule has 0 radical (unpaired) electrons. The summed E-state index contributed by atoms with van der Waals surface area (Å²) in [6, 6.07) is 5.74. The average molecular weight is 236 g/mol. The zero-order valence-electron chi connectivity index (χ0n) is 10.4. The fraction of sp³-hybridized carbons (Fsp3) is 0.538. The van der Waals surface area contributed by atoms with E-state index in [9.17, 15) is 0 Å². The van der Waals surface area contributed by atoms with Crippen molar-refractivity contribution < 1.29 is 9.47 Å². The van der Waals surface area contributed by atoms with Gasteiger partial charge < -0.3 is 20.9 Å². The summed E-state index contributed by atoms with van der Waals surface area (Å²) >= 11 is 0. The number of benzene rings is 1. The van der Waals surface area contributed by atoms with E-state index in [2.05, 4.69) is 13.8 Å². The standard InChI is InChI=1S/C13H20N2O2/c1-13(2,8-14)12(15)9-3-4-10-11(7-9)17-6-5-16-10/h3-4,7,12H,5-6,8,14-15H2,1-2H3. The molecular formula is C13H20N2O2. The Morgan fingerprint density at radius 3 is 2.53 bits per heavy atom. The van der Waals surface area contributed by atoms with Crippen molar-refractivity contribution in [1.82, 2.24) is 0 Å². The maximum atomic E-state index is 6.24. The first-order valence-electron chi connectivity index (χ1n) is 5.90. The van der Waals surface area contributed by atoms with Gasteiger partial charge in [-0.2, -0.15) is 0 Å². The van der Waals surface area contributed by atoms with E-state index in [0.29, 0.717) is 19.8 Å². The van der Waals surface area contributed by atoms with Gasteiger partial charge in [0.25, 0.3) is 0 Å². The van der Waals surface area contributed by atoms with Crippen molar-refractivity contribution in [2.45, 2.75) is 19.9 Å². The van der Waals surface area contributed by atoms with Gasteiger partial charge in [0.15, 0.2) is 11.5 Å². The van der Waals surface area contributed by atoms with E-state index in [1.54, 1.807) is 0 Å². The quantitative estimate of drug-likeness (QED) is 0.833. The smallest absolute Gasteiger partial charge is 0.161 e. The van der Waals surface area contributed by atoms with E-state index in [1.165, 1.54) is 0 Å². The Morgan fingerprint density at radius 1 is 1.24 bits per heavy atom. The summed E-state index contributed by atoms with van der Waals surface area (Å²) in [4.78, 5) is 0. The van der Waals surface area contributed by atoms with Gasteiger partial charge in [-0.05, 0) is 29.7 Å². The fourth-order valence-corrected chi connectivity index (χ4v) is 1.83. The van der Waals surface area contributed by atoms with E-state index < -0.39 is 0 Å². The third kappa shape index (κ3) is 2.37. The minimum Gasteiger partial charge on any atom is -0.486 e. The van der Waals surface area contributed by atoms with Crippen LogP contribution in [0.5, 0.6) is 11.5 Å². The Hall–Kier alpha value is -1.26. The highest BCUT2D eigenvalue weighted by Gasteiger charge is 2.27. The van der Waals surface area contributed by atoms with E-state index in [1.807, 2.05) is 18.2 Å². The highest BCUT2D eigenvalue weighted by molar-refractivity contribution is 5.44. The maximum absolute atomic E-state index is 6.24. The molecule has 0 saturated carbocycles. The highest BCUT2D eigenvalue weighted by atomic mass is 16.6. The first-order chi connectivity index (χ1) is 8.04. The monoisotopic (exact) mass is 236 g/mol. The lowest BCUT2D eigenvalue weighted by Gasteiger charge is -2.31. The molecule has 1 aromatic carbocycles. The molecule has 2 rings (SSSR count). The summed E-state index contributed by atoms with van der Waals surface area (Å²) < 4.78 is 11.0. The van der Waals surface area contributed by atoms with Crippen LogP contribution in [0.15, 0.2) is 18.2 Å². The van der Waals surface area contributed by atoms with Gasteiger partial charge >= 0.3 is 0 Å². The van der Waals surface area contributed by atoms with Gasteiger partial charge in [0.2, 0.25) is 0 Å². The largest absolute Gasteiger partial charge is 0.486 e. The SMILES string of the molecule is CC(C)(CN)C(N)c1ccc2c(c1)OCCO2. The zero-order valence-corrected chi connectivity index (χ0v) is 10.4. The molecular weight excluding hydrogens is 216 g/mol. The number of hydrogen-bond acceptors (Lipinski definition) is 4. The number of fused-ring (bicyclic) bond motifs is 1. The van der Waals surface area contributed by atoms with Gasteiger partial charge in [0.1, 0.15) is 13.2 Å². The van der Waals surface area contributed by atoms with Crippen LogP contribution in [-0.2, 0) is 0 Å². The summed E-state index contributed by atoms with van der Waals surface area (Å²) in [5.41, 5.74) is 12.9. The molecule has 4 nitrogen and oxygen atoms in total. The van der Waals surface area contributed by atoms with Gasteiger partial charge in [0, 0.05) is 6.04 Å². The molecule has 1 atom stereocenters. The summed E-state index contributed by atoms with van der Waals surface area (Å²) in [6.07, 6.45) is 0. The molecule has 4 heteroatoms. The first-order valence-corrected chi connectivity index (χ1v) is 5.90. The van der Waals surface area contributed by atoms with Gasteiger partial charge in [0.05, 0.1) is 0 Å². The minimum absolute atomic E-state index is 0.108. The molecule has 1 aliphatic heterocycles. The fourth-order valence-electron chi connectivity index (χ4n) is 1.83. The Morgan fingerprint density at radius 2 is 1.88 bits per heavy atom. The van der Waals surface area contributed by atoms with Crippen LogP contribution in [0.1, 0.15) is 25.5 Å². The van der Waals surface area contributed by atoms with Gasteiger partial charge in [-0.1, -0.05) is 19.9 Å². The van der Waals surface area contributed by atoms with Crippen LogP contribution in [-0.4, -0.2) is 19.8 Å². The van der Waals surface area contributed by atoms with E-state index in [4.69, 9.17) is 20.9 Å². The van der Waals surface area contributed by atoms with Crippen molar-refractivity contribution in [2.24, 2.45) is 16.9 Å². The number of hydrogen-bond donors (Lipinski definition) is 2. The molecule has 0 bridgehead atoms. The molecule has 17 heavy (non-hydrogen) atoms. The Bertz CT molecular complexity index is 404. The summed E-state index contributed by atoms with van der Waals surface area (Å²) in [5.74, 6) is 1.56. The van der Waals surface area contributed by atoms with E-state index in [-0.39, 0.29) is 11.5 Å². The van der Waals surface area contributed by atoms with Crippen molar-refractivity contribution in [3.05, 3.63) is 23.8 Å². The minimum atomic E-state index is -0.135. The number of nitrogens with two attached hydrogens (primary N) is 2. The van der Waals surface area contributed by atoms with Gasteiger partial charge in [-0.15, -0.1) is 0 Å². The van der Waals surface area contributed by atoms with Crippen LogP contribution >= 0.6 is 0 Å². The molecule has 0 fully saturated rings. The van der Waals surface area contributed by atoms with Crippen molar-refractivity contribution in [3.63, 3.8) is 0 Å². The van der Waals surface area contributed by atoms with Crippen molar-refractivity contribution >= 4 is 0 Å². The molecule has 1 unspecified atom stereocenters. The van der Waals surface area contributed by atoms with Crippen molar-refractivity contribution in [1.29, 1.82) is 0 Å². The Kier molecular flexibility index (Phi) is 3.26. The summed E-state index contributed by atoms with van der Waals surface area (Å²) in [6.45, 7) is 5.87. The van der Waals surface area contributed by atoms with Crippen LogP contribution < -0.4 is 20.9 Å². The lowest BCUT2D eigenvalue weighted by atomic mass is 9.81. The van der Waals surface area contributed by atoms with Crippen LogP contribution in [0.4, 0.5) is 0 Å². The third-order valence-corrected chi connectivity index (χ3v) is 3.29. The van der Waals surface area contributed by atoms with Crippen LogP contribution in [0.3, 0.4) is 0 Å². The van der Waals surface area contributed by atoms with Gasteiger partial charge in [-0.3, -0.25) is 0 Å². The summed E-state index contributed by atoms with van der Waals surface area (Å²) in [5, 5.41) is 0. The lowest BCUT2D eigenvalue weighted by Crippen LogP contribution is -2.35. The Labute approximate surface area is 102 Å². The van der Waals surface area contributed by atoms with Crippen LogP contribution in [0.2, 0.25) is 0 Å². The second-order valence-corrected chi connectivity index (χ2v) is 5.07. The number of ether oxygens (including phenoxy) is 2. The molecule has 4 N–H and O–H groups in total. The van der Waals surface area contributed by atoms with Crippen molar-refractivity contribution in [2.75, 3.05) is 19.8 Å². The first kappa shape index (κ1) is 12.2. The lowest BCUT2D eigenvalue weighted by molar-refractivity contribution is 0.171. The Balaban J connectivity index is 2.28. The third-order valence-electron chi connectivity index (χ3n) is 3.29. The van der Waals surface area contributed by atoms with E-state index in [0.717, 1.165) is 17.1 Å². The molecule has 1 heterocycles. The van der Waals surface area contributed by atoms with Crippen LogP contribution in [0, 0.1) is 5.41 Å². The predicted octanol–water partition coefficient (Wildman–Crippen LogP) is 1.44. The second-order valence-electron chi connectivity index (χ2n) is 5.07. The van der Waals surface area contributed by atoms with E-state index >= 15 is 0 Å². The maximum Gasteiger partial charge on any atom is 0.161 e. The second kappa shape index (κ2) is 4.55. The molecule has 0 amide bonds. The molecule has 94 valence electrons. The summed E-state index contributed by atoms with van der Waals surface area (Å²) in [7, 11) is 0. The van der Waals surface area contributed by atoms with Crippen LogP contribution in [0.25, 0.3) is 0 Å². The zero-order chi connectivity index (χ0) is 12.5. The topological polar surface area (TPSA) is 70.5 Å². The molecule has 0 aromatic heterocycles. The predicted molar refractivity (Wildman–Crippen MR) is 67.2 cm³/mol. The average Bonchev–Trinajstić information content (AvgIpc) is 2.37. The van der Waals surface area contributed by atoms with Gasteiger partial charge in [-0.25, -0.2) is 0 Å². The number of rotatable bonds is 3.